The van der Waals surface area contributed by atoms with Crippen LogP contribution in [0.2, 0.25) is 0 Å². The van der Waals surface area contributed by atoms with Crippen LogP contribution < -0.4 is 0 Å². The predicted octanol–water partition coefficient (Wildman–Crippen LogP) is 1.88. The van der Waals surface area contributed by atoms with Crippen LogP contribution >= 0.6 is 0 Å². The lowest BCUT2D eigenvalue weighted by Crippen LogP contribution is -1.94. The van der Waals surface area contributed by atoms with Crippen LogP contribution in [0.5, 0.6) is 0 Å². The summed E-state index contributed by atoms with van der Waals surface area (Å²) in [5.74, 6) is -5.61. The molecule has 0 aliphatic rings. The smallest absolute Gasteiger partial charge is 0.402 e. The molecule has 0 saturated heterocycles. The topological polar surface area (TPSA) is 372 Å². The highest BCUT2D eigenvalue weighted by Gasteiger charge is 2.21. The molecular weight excluding hydrogens is 508 g/mol. The van der Waals surface area contributed by atoms with Gasteiger partial charge in [0.1, 0.15) is 11.6 Å². The molecule has 0 aliphatic carbocycles. The second-order valence-electron chi connectivity index (χ2n) is 5.27. The van der Waals surface area contributed by atoms with Crippen molar-refractivity contribution in [3.8, 4) is 0 Å². The Bertz CT molecular complexity index is 1380. The number of nitro groups is 2. The van der Waals surface area contributed by atoms with Crippen molar-refractivity contribution in [1.82, 2.24) is 41.3 Å². The lowest BCUT2D eigenvalue weighted by molar-refractivity contribution is -0.444. The Morgan fingerprint density at radius 2 is 0.917 bits per heavy atom. The van der Waals surface area contributed by atoms with Crippen LogP contribution in [0.1, 0.15) is 0 Å². The van der Waals surface area contributed by atoms with Crippen LogP contribution in [0.15, 0.2) is 39.0 Å². The average Bonchev–Trinajstić information content (AvgIpc) is 3.60. The minimum Gasteiger partial charge on any atom is -0.690 e. The molecule has 184 valence electrons. The molecule has 28 nitrogen and oxygen atoms in total. The zero-order valence-corrected chi connectivity index (χ0v) is 16.1. The van der Waals surface area contributed by atoms with Gasteiger partial charge in [0.25, 0.3) is 23.3 Å². The molecule has 4 rings (SSSR count). The van der Waals surface area contributed by atoms with E-state index in [2.05, 4.69) is 91.1 Å². The van der Waals surface area contributed by atoms with E-state index in [1.165, 1.54) is 0 Å². The predicted molar refractivity (Wildman–Crippen MR) is 92.1 cm³/mol. The Labute approximate surface area is 189 Å². The van der Waals surface area contributed by atoms with E-state index in [4.69, 9.17) is 0 Å². The van der Waals surface area contributed by atoms with Gasteiger partial charge in [-0.2, -0.15) is 0 Å². The first-order valence-electron chi connectivity index (χ1n) is 8.13. The lowest BCUT2D eigenvalue weighted by atomic mass is 10.6. The fourth-order valence-corrected chi connectivity index (χ4v) is 1.85. The standard InChI is InChI=1S/C8N18O10/c27-23(7-5(13-25(29)30)19-35-21-7)11-3-1(15-33-17-3)9-10-2-4(18-34-16-2)12-24(28)8-6(14-26(31)32)20-36-22-8/q-2. The van der Waals surface area contributed by atoms with E-state index in [0.29, 0.717) is 0 Å². The van der Waals surface area contributed by atoms with Crippen LogP contribution in [-0.4, -0.2) is 61.0 Å². The second kappa shape index (κ2) is 9.46. The number of hydrogen-bond acceptors (Lipinski definition) is 22. The van der Waals surface area contributed by atoms with E-state index >= 15 is 0 Å². The van der Waals surface area contributed by atoms with Crippen molar-refractivity contribution in [1.29, 1.82) is 0 Å². The van der Waals surface area contributed by atoms with Gasteiger partial charge in [0.15, 0.2) is 10.3 Å². The van der Waals surface area contributed by atoms with Crippen molar-refractivity contribution in [3.05, 3.63) is 41.5 Å². The maximum atomic E-state index is 12.1. The Hall–Kier alpha value is -6.64. The first kappa shape index (κ1) is 22.6. The maximum absolute atomic E-state index is 12.1. The van der Waals surface area contributed by atoms with E-state index in [0.717, 1.165) is 0 Å². The molecule has 28 heteroatoms. The van der Waals surface area contributed by atoms with Crippen molar-refractivity contribution in [2.24, 2.45) is 20.5 Å². The molecule has 36 heavy (non-hydrogen) atoms. The normalized spacial score (nSPS) is 12.2. The largest absolute Gasteiger partial charge is 0.690 e. The van der Waals surface area contributed by atoms with Gasteiger partial charge >= 0.3 is 11.6 Å². The summed E-state index contributed by atoms with van der Waals surface area (Å²) < 4.78 is 17.1. The number of rotatable bonds is 10. The van der Waals surface area contributed by atoms with E-state index in [-0.39, 0.29) is 9.72 Å². The minimum absolute atomic E-state index is 0.315. The van der Waals surface area contributed by atoms with Gasteiger partial charge in [-0.3, -0.25) is 20.2 Å². The third kappa shape index (κ3) is 4.89. The molecule has 0 radical (unpaired) electrons. The fraction of sp³-hybridized carbons (Fsp3) is 0. The number of nitrogens with zero attached hydrogens (tertiary/aromatic N) is 18. The Morgan fingerprint density at radius 1 is 0.556 bits per heavy atom. The molecule has 0 unspecified atom stereocenters. The van der Waals surface area contributed by atoms with Gasteiger partial charge in [-0.1, -0.05) is 10.2 Å². The summed E-state index contributed by atoms with van der Waals surface area (Å²) in [6.45, 7) is 0. The quantitative estimate of drug-likeness (QED) is 0.127. The van der Waals surface area contributed by atoms with E-state index < -0.39 is 56.6 Å². The zero-order valence-electron chi connectivity index (χ0n) is 16.1. The Kier molecular flexibility index (Phi) is 5.93. The van der Waals surface area contributed by atoms with E-state index in [1.807, 2.05) is 0 Å². The third-order valence-corrected chi connectivity index (χ3v) is 3.14. The molecule has 4 heterocycles. The summed E-state index contributed by atoms with van der Waals surface area (Å²) in [5, 5.41) is 82.0. The van der Waals surface area contributed by atoms with Crippen molar-refractivity contribution >= 4 is 46.5 Å². The monoisotopic (exact) mass is 508 g/mol. The first-order chi connectivity index (χ1) is 17.3. The van der Waals surface area contributed by atoms with Crippen molar-refractivity contribution < 1.29 is 38.3 Å². The Balaban J connectivity index is 1.56. The van der Waals surface area contributed by atoms with Gasteiger partial charge in [0, 0.05) is 0 Å². The highest BCUT2D eigenvalue weighted by Crippen LogP contribution is 2.33. The van der Waals surface area contributed by atoms with E-state index in [1.54, 1.807) is 0 Å². The van der Waals surface area contributed by atoms with Crippen molar-refractivity contribution in [2.45, 2.75) is 0 Å². The molecule has 0 saturated carbocycles. The summed E-state index contributed by atoms with van der Waals surface area (Å²) in [6.07, 6.45) is 0. The molecule has 0 spiro atoms. The molecular formula is C8N18O10-2. The van der Waals surface area contributed by atoms with Crippen molar-refractivity contribution in [2.75, 3.05) is 0 Å². The Morgan fingerprint density at radius 3 is 1.31 bits per heavy atom. The van der Waals surface area contributed by atoms with Gasteiger partial charge in [-0.25, -0.2) is 28.8 Å². The summed E-state index contributed by atoms with van der Waals surface area (Å²) in [6, 6.07) is 0. The summed E-state index contributed by atoms with van der Waals surface area (Å²) in [5.41, 5.74) is 5.53. The molecule has 0 fully saturated rings. The number of aromatic nitrogens is 8. The highest BCUT2D eigenvalue weighted by molar-refractivity contribution is 5.53. The molecule has 4 aromatic heterocycles. The SMILES string of the molecule is O=[N+]([O-])[N-]c1nonc1[N+]([O-])=Nc1nonc1N=Nc1nonc1N=[N+]([O-])c1nonc1[N-][N+](=O)[O-]. The second-order valence-corrected chi connectivity index (χ2v) is 5.27. The summed E-state index contributed by atoms with van der Waals surface area (Å²) in [7, 11) is 0. The van der Waals surface area contributed by atoms with Gasteiger partial charge in [-0.05, 0) is 20.6 Å². The zero-order chi connectivity index (χ0) is 25.7. The van der Waals surface area contributed by atoms with Gasteiger partial charge in [0.2, 0.25) is 0 Å². The van der Waals surface area contributed by atoms with E-state index in [9.17, 15) is 30.6 Å². The molecule has 0 bridgehead atoms. The maximum Gasteiger partial charge on any atom is 0.402 e. The summed E-state index contributed by atoms with van der Waals surface area (Å²) >= 11 is 0. The molecule has 0 aromatic carbocycles. The van der Waals surface area contributed by atoms with Crippen molar-refractivity contribution in [3.63, 3.8) is 0 Å². The third-order valence-electron chi connectivity index (χ3n) is 3.14. The first-order valence-corrected chi connectivity index (χ1v) is 8.13. The molecule has 4 aromatic rings. The molecule has 0 N–H and O–H groups in total. The molecule has 0 aliphatic heterocycles. The fourth-order valence-electron chi connectivity index (χ4n) is 1.85. The lowest BCUT2D eigenvalue weighted by Gasteiger charge is -2.02. The highest BCUT2D eigenvalue weighted by atomic mass is 16.7. The van der Waals surface area contributed by atoms with Crippen LogP contribution in [0, 0.1) is 30.6 Å². The summed E-state index contributed by atoms with van der Waals surface area (Å²) in [4.78, 5) is 20.3. The average molecular weight is 508 g/mol. The minimum atomic E-state index is -1.16. The number of hydrogen-bond donors (Lipinski definition) is 0. The van der Waals surface area contributed by atoms with Crippen LogP contribution in [0.25, 0.3) is 10.9 Å². The van der Waals surface area contributed by atoms with Crippen LogP contribution in [0.3, 0.4) is 0 Å². The van der Waals surface area contributed by atoms with Gasteiger partial charge < -0.3 is 10.4 Å². The van der Waals surface area contributed by atoms with Gasteiger partial charge in [-0.15, -0.1) is 30.8 Å². The number of azo groups is 3. The molecule has 0 amide bonds. The molecule has 0 atom stereocenters. The van der Waals surface area contributed by atoms with Gasteiger partial charge in [0.05, 0.1) is 10.1 Å². The van der Waals surface area contributed by atoms with Crippen LogP contribution in [-0.2, 0) is 0 Å². The van der Waals surface area contributed by atoms with Crippen LogP contribution in [0.4, 0.5) is 46.5 Å².